The predicted molar refractivity (Wildman–Crippen MR) is 83.2 cm³/mol. The van der Waals surface area contributed by atoms with Crippen molar-refractivity contribution in [3.05, 3.63) is 23.6 Å². The third kappa shape index (κ3) is 3.09. The second kappa shape index (κ2) is 7.51. The van der Waals surface area contributed by atoms with Crippen LogP contribution in [0.3, 0.4) is 0 Å². The van der Waals surface area contributed by atoms with Crippen molar-refractivity contribution in [2.24, 2.45) is 0 Å². The van der Waals surface area contributed by atoms with E-state index in [0.717, 1.165) is 0 Å². The fourth-order valence-electron chi connectivity index (χ4n) is 2.56. The zero-order valence-electron chi connectivity index (χ0n) is 13.4. The van der Waals surface area contributed by atoms with Gasteiger partial charge < -0.3 is 17.7 Å². The van der Waals surface area contributed by atoms with Crippen molar-refractivity contribution in [2.45, 2.75) is 32.4 Å². The highest BCUT2D eigenvalue weighted by molar-refractivity contribution is 6.95. The van der Waals surface area contributed by atoms with Crippen LogP contribution in [0, 0.1) is 0 Å². The van der Waals surface area contributed by atoms with E-state index in [-0.39, 0.29) is 4.66 Å². The predicted octanol–water partition coefficient (Wildman–Crippen LogP) is 3.01. The Labute approximate surface area is 119 Å². The first-order valence-electron chi connectivity index (χ1n) is 6.35. The van der Waals surface area contributed by atoms with Gasteiger partial charge in [0.15, 0.2) is 0 Å². The molecule has 0 radical (unpaired) electrons. The van der Waals surface area contributed by atoms with Crippen molar-refractivity contribution < 1.29 is 17.7 Å². The maximum absolute atomic E-state index is 5.82. The Bertz CT molecular complexity index is 289. The summed E-state index contributed by atoms with van der Waals surface area (Å²) < 4.78 is 22.9. The molecule has 0 aliphatic carbocycles. The van der Waals surface area contributed by atoms with E-state index in [4.69, 9.17) is 17.7 Å². The molecule has 0 aliphatic rings. The Morgan fingerprint density at radius 1 is 0.684 bits per heavy atom. The Kier molecular flexibility index (Phi) is 7.42. The standard InChI is InChI=1S/C13H28O4Si2/c1-9-11-18(14-5,15-6)13(3,4)19(16-7,17-8)12-10-2/h9-12H,1-8H3. The fraction of sp³-hybridized carbons (Fsp3) is 0.692. The van der Waals surface area contributed by atoms with Crippen molar-refractivity contribution in [1.82, 2.24) is 0 Å². The van der Waals surface area contributed by atoms with E-state index in [0.29, 0.717) is 0 Å². The fourth-order valence-corrected chi connectivity index (χ4v) is 10.9. The first-order chi connectivity index (χ1) is 8.86. The zero-order chi connectivity index (χ0) is 15.2. The molecule has 4 nitrogen and oxygen atoms in total. The molecule has 0 fully saturated rings. The van der Waals surface area contributed by atoms with Crippen LogP contribution in [0.1, 0.15) is 27.7 Å². The normalized spacial score (nSPS) is 14.7. The maximum atomic E-state index is 5.82. The molecule has 0 saturated carbocycles. The van der Waals surface area contributed by atoms with Crippen LogP contribution < -0.4 is 0 Å². The second-order valence-electron chi connectivity index (χ2n) is 4.78. The zero-order valence-corrected chi connectivity index (χ0v) is 15.4. The summed E-state index contributed by atoms with van der Waals surface area (Å²) >= 11 is 0. The Morgan fingerprint density at radius 2 is 0.947 bits per heavy atom. The highest BCUT2D eigenvalue weighted by atomic mass is 28.4. The molecule has 0 heterocycles. The van der Waals surface area contributed by atoms with Crippen molar-refractivity contribution >= 4 is 17.1 Å². The average Bonchev–Trinajstić information content (AvgIpc) is 2.41. The maximum Gasteiger partial charge on any atom is 0.372 e. The van der Waals surface area contributed by atoms with E-state index >= 15 is 0 Å². The minimum absolute atomic E-state index is 0.355. The third-order valence-electron chi connectivity index (χ3n) is 3.73. The lowest BCUT2D eigenvalue weighted by Crippen LogP contribution is -2.63. The van der Waals surface area contributed by atoms with Crippen LogP contribution >= 0.6 is 0 Å². The van der Waals surface area contributed by atoms with E-state index in [2.05, 4.69) is 13.8 Å². The summed E-state index contributed by atoms with van der Waals surface area (Å²) in [6, 6.07) is 0. The quantitative estimate of drug-likeness (QED) is 0.646. The first-order valence-corrected chi connectivity index (χ1v) is 10.1. The molecular formula is C13H28O4Si2. The largest absolute Gasteiger partial charge is 0.394 e. The summed E-state index contributed by atoms with van der Waals surface area (Å²) in [7, 11) is 1.56. The topological polar surface area (TPSA) is 36.9 Å². The molecule has 0 N–H and O–H groups in total. The van der Waals surface area contributed by atoms with Gasteiger partial charge in [0.1, 0.15) is 0 Å². The van der Waals surface area contributed by atoms with Crippen molar-refractivity contribution in [1.29, 1.82) is 0 Å². The van der Waals surface area contributed by atoms with Gasteiger partial charge >= 0.3 is 17.1 Å². The number of allylic oxidation sites excluding steroid dienone is 2. The van der Waals surface area contributed by atoms with Crippen LogP contribution in [0.15, 0.2) is 23.6 Å². The van der Waals surface area contributed by atoms with Gasteiger partial charge in [0.05, 0.1) is 4.66 Å². The summed E-state index contributed by atoms with van der Waals surface area (Å²) in [5.74, 6) is 0. The van der Waals surface area contributed by atoms with E-state index in [1.54, 1.807) is 28.4 Å². The molecule has 6 heteroatoms. The number of hydrogen-bond donors (Lipinski definition) is 0. The van der Waals surface area contributed by atoms with Gasteiger partial charge in [-0.05, 0) is 25.2 Å². The lowest BCUT2D eigenvalue weighted by atomic mass is 10.5. The van der Waals surface area contributed by atoms with Gasteiger partial charge in [-0.1, -0.05) is 26.0 Å². The first kappa shape index (κ1) is 18.8. The van der Waals surface area contributed by atoms with E-state index in [9.17, 15) is 0 Å². The van der Waals surface area contributed by atoms with Crippen molar-refractivity contribution in [3.8, 4) is 0 Å². The van der Waals surface area contributed by atoms with Gasteiger partial charge in [-0.25, -0.2) is 0 Å². The SMILES string of the molecule is CC=C[Si](OC)(OC)C(C)(C)[Si](C=CC)(OC)OC. The van der Waals surface area contributed by atoms with Gasteiger partial charge in [-0.15, -0.1) is 0 Å². The lowest BCUT2D eigenvalue weighted by molar-refractivity contribution is 0.197. The molecule has 0 aromatic carbocycles. The minimum Gasteiger partial charge on any atom is -0.394 e. The average molecular weight is 305 g/mol. The highest BCUT2D eigenvalue weighted by Gasteiger charge is 2.64. The van der Waals surface area contributed by atoms with Gasteiger partial charge in [0.2, 0.25) is 0 Å². The second-order valence-corrected chi connectivity index (χ2v) is 12.7. The molecule has 0 aromatic heterocycles. The molecular weight excluding hydrogens is 276 g/mol. The molecule has 0 aliphatic heterocycles. The van der Waals surface area contributed by atoms with Crippen LogP contribution in [0.25, 0.3) is 0 Å². The molecule has 0 spiro atoms. The minimum atomic E-state index is -2.61. The molecule has 0 atom stereocenters. The molecule has 112 valence electrons. The monoisotopic (exact) mass is 304 g/mol. The lowest BCUT2D eigenvalue weighted by Gasteiger charge is -2.46. The molecule has 0 unspecified atom stereocenters. The van der Waals surface area contributed by atoms with Crippen LogP contribution in [-0.2, 0) is 17.7 Å². The summed E-state index contributed by atoms with van der Waals surface area (Å²) in [6.07, 6.45) is 3.95. The summed E-state index contributed by atoms with van der Waals surface area (Å²) in [6.45, 7) is 8.14. The van der Waals surface area contributed by atoms with E-state index < -0.39 is 17.1 Å². The van der Waals surface area contributed by atoms with Gasteiger partial charge in [0.25, 0.3) is 0 Å². The Hall–Kier alpha value is -0.246. The van der Waals surface area contributed by atoms with E-state index in [1.807, 2.05) is 37.4 Å². The molecule has 0 rings (SSSR count). The molecule has 0 bridgehead atoms. The summed E-state index contributed by atoms with van der Waals surface area (Å²) in [4.78, 5) is 0. The third-order valence-corrected chi connectivity index (χ3v) is 13.3. The smallest absolute Gasteiger partial charge is 0.372 e. The van der Waals surface area contributed by atoms with Crippen molar-refractivity contribution in [2.75, 3.05) is 28.4 Å². The van der Waals surface area contributed by atoms with Crippen LogP contribution in [-0.4, -0.2) is 45.6 Å². The van der Waals surface area contributed by atoms with Gasteiger partial charge in [-0.3, -0.25) is 0 Å². The molecule has 0 aromatic rings. The molecule has 0 amide bonds. The highest BCUT2D eigenvalue weighted by Crippen LogP contribution is 2.48. The van der Waals surface area contributed by atoms with Gasteiger partial charge in [0, 0.05) is 28.4 Å². The van der Waals surface area contributed by atoms with Crippen LogP contribution in [0.2, 0.25) is 4.66 Å². The number of hydrogen-bond acceptors (Lipinski definition) is 4. The summed E-state index contributed by atoms with van der Waals surface area (Å²) in [5.41, 5.74) is 4.08. The van der Waals surface area contributed by atoms with Crippen LogP contribution in [0.4, 0.5) is 0 Å². The molecule has 0 saturated heterocycles. The Morgan fingerprint density at radius 3 is 1.11 bits per heavy atom. The van der Waals surface area contributed by atoms with Crippen molar-refractivity contribution in [3.63, 3.8) is 0 Å². The molecule has 19 heavy (non-hydrogen) atoms. The van der Waals surface area contributed by atoms with Crippen LogP contribution in [0.5, 0.6) is 0 Å². The summed E-state index contributed by atoms with van der Waals surface area (Å²) in [5, 5.41) is 0. The Balaban J connectivity index is 6.00. The number of rotatable bonds is 8. The van der Waals surface area contributed by atoms with E-state index in [1.165, 1.54) is 0 Å². The van der Waals surface area contributed by atoms with Gasteiger partial charge in [-0.2, -0.15) is 0 Å².